The number of aromatic nitrogens is 1. The first-order chi connectivity index (χ1) is 11.5. The van der Waals surface area contributed by atoms with Crippen molar-refractivity contribution in [2.75, 3.05) is 0 Å². The lowest BCUT2D eigenvalue weighted by atomic mass is 10.1. The standard InChI is InChI=1S/C13H15F6NO4S2/c1-9(2)7-10-5-3-4-6-20(10)8-11(25(21,22)12(14,15)16)26(23,24)13(17,18)19/h3-6,9H,7-8H2,1-2H3/p+1. The summed E-state index contributed by atoms with van der Waals surface area (Å²) in [6.45, 7) is 1.89. The van der Waals surface area contributed by atoms with E-state index in [9.17, 15) is 43.5 Å². The van der Waals surface area contributed by atoms with Gasteiger partial charge in [0.25, 0.3) is 9.84 Å². The highest BCUT2D eigenvalue weighted by Crippen LogP contribution is 2.31. The number of rotatable bonds is 4. The van der Waals surface area contributed by atoms with E-state index in [1.54, 1.807) is 13.8 Å². The molecule has 1 rings (SSSR count). The number of alkyl halides is 6. The van der Waals surface area contributed by atoms with Crippen molar-refractivity contribution < 1.29 is 48.1 Å². The number of pyridine rings is 1. The summed E-state index contributed by atoms with van der Waals surface area (Å²) >= 11 is 0. The van der Waals surface area contributed by atoms with Crippen LogP contribution in [0.1, 0.15) is 19.5 Å². The predicted molar refractivity (Wildman–Crippen MR) is 82.0 cm³/mol. The van der Waals surface area contributed by atoms with Crippen LogP contribution in [0.25, 0.3) is 0 Å². The smallest absolute Gasteiger partial charge is 0.306 e. The van der Waals surface area contributed by atoms with Gasteiger partial charge in [-0.25, -0.2) is 12.6 Å². The second-order valence-electron chi connectivity index (χ2n) is 5.71. The average molecular weight is 428 g/mol. The monoisotopic (exact) mass is 428 g/mol. The Balaban J connectivity index is 3.75. The van der Waals surface area contributed by atoms with Crippen molar-refractivity contribution >= 4 is 23.8 Å². The zero-order chi connectivity index (χ0) is 20.6. The molecule has 0 amide bonds. The number of nitrogens with zero attached hydrogens (tertiary/aromatic N) is 1. The van der Waals surface area contributed by atoms with Gasteiger partial charge in [-0.1, -0.05) is 19.9 Å². The van der Waals surface area contributed by atoms with Gasteiger partial charge in [0.2, 0.25) is 14.0 Å². The molecule has 1 N–H and O–H groups in total. The van der Waals surface area contributed by atoms with Gasteiger partial charge in [0.15, 0.2) is 18.4 Å². The van der Waals surface area contributed by atoms with Gasteiger partial charge in [-0.05, 0) is 5.92 Å². The van der Waals surface area contributed by atoms with E-state index < -0.39 is 41.4 Å². The van der Waals surface area contributed by atoms with E-state index >= 15 is 0 Å². The van der Waals surface area contributed by atoms with Gasteiger partial charge >= 0.3 is 11.0 Å². The molecule has 0 aliphatic heterocycles. The Labute approximate surface area is 146 Å². The van der Waals surface area contributed by atoms with Gasteiger partial charge in [-0.15, -0.1) is 0 Å². The first-order valence-electron chi connectivity index (χ1n) is 6.99. The average Bonchev–Trinajstić information content (AvgIpc) is 2.42. The molecule has 0 aliphatic rings. The molecule has 5 nitrogen and oxygen atoms in total. The van der Waals surface area contributed by atoms with Crippen LogP contribution in [0.4, 0.5) is 26.3 Å². The first kappa shape index (κ1) is 22.7. The lowest BCUT2D eigenvalue weighted by Crippen LogP contribution is -2.50. The van der Waals surface area contributed by atoms with Gasteiger partial charge in [-0.2, -0.15) is 30.9 Å². The Morgan fingerprint density at radius 1 is 1.08 bits per heavy atom. The van der Waals surface area contributed by atoms with Gasteiger partial charge in [0.1, 0.15) is 0 Å². The summed E-state index contributed by atoms with van der Waals surface area (Å²) in [7, 11) is -13.2. The van der Waals surface area contributed by atoms with E-state index in [1.165, 1.54) is 18.2 Å². The van der Waals surface area contributed by atoms with Crippen LogP contribution in [0.15, 0.2) is 24.4 Å². The summed E-state index contributed by atoms with van der Waals surface area (Å²) in [4.78, 5) is 0. The summed E-state index contributed by atoms with van der Waals surface area (Å²) in [6, 6.07) is 4.06. The van der Waals surface area contributed by atoms with Crippen LogP contribution in [0.3, 0.4) is 0 Å². The van der Waals surface area contributed by atoms with Crippen molar-refractivity contribution in [3.05, 3.63) is 30.1 Å². The van der Waals surface area contributed by atoms with Crippen molar-refractivity contribution in [2.45, 2.75) is 37.8 Å². The minimum absolute atomic E-state index is 0.0626. The number of hydrogen-bond acceptors (Lipinski definition) is 3. The molecule has 1 aromatic heterocycles. The summed E-state index contributed by atoms with van der Waals surface area (Å²) in [5.74, 6) is -0.0626. The van der Waals surface area contributed by atoms with Crippen LogP contribution in [0.2, 0.25) is 0 Å². The first-order valence-corrected chi connectivity index (χ1v) is 9.99. The zero-order valence-corrected chi connectivity index (χ0v) is 15.1. The summed E-state index contributed by atoms with van der Waals surface area (Å²) < 4.78 is 119. The maximum atomic E-state index is 12.8. The van der Waals surface area contributed by atoms with E-state index in [2.05, 4.69) is 0 Å². The molecule has 0 aromatic carbocycles. The largest absolute Gasteiger partial charge is 0.502 e. The quantitative estimate of drug-likeness (QED) is 0.454. The third kappa shape index (κ3) is 4.68. The van der Waals surface area contributed by atoms with Crippen molar-refractivity contribution in [2.24, 2.45) is 5.92 Å². The number of halogens is 6. The second-order valence-corrected chi connectivity index (χ2v) is 9.94. The van der Waals surface area contributed by atoms with Crippen LogP contribution in [-0.2, 0) is 32.6 Å². The minimum Gasteiger partial charge on any atom is -0.306 e. The number of sulfone groups is 1. The van der Waals surface area contributed by atoms with Crippen LogP contribution < -0.4 is 4.57 Å². The highest BCUT2D eigenvalue weighted by Gasteiger charge is 2.57. The van der Waals surface area contributed by atoms with Gasteiger partial charge in [-0.3, -0.25) is 0 Å². The molecule has 1 unspecified atom stereocenters. The Bertz CT molecular complexity index is 881. The molecule has 0 fully saturated rings. The van der Waals surface area contributed by atoms with Gasteiger partial charge in [0.05, 0.1) is 0 Å². The van der Waals surface area contributed by atoms with Gasteiger partial charge < -0.3 is 4.55 Å². The lowest BCUT2D eigenvalue weighted by molar-refractivity contribution is -0.688. The third-order valence-electron chi connectivity index (χ3n) is 3.18. The van der Waals surface area contributed by atoms with E-state index in [0.717, 1.165) is 10.8 Å². The molecule has 1 heterocycles. The maximum absolute atomic E-state index is 12.8. The SMILES string of the molecule is CC(C)Cc1cccc[n+]1CC(S(=O)(=O)C(F)(F)F)=S(=O)(O)C(F)(F)F. The second kappa shape index (κ2) is 7.35. The Morgan fingerprint density at radius 2 is 1.62 bits per heavy atom. The topological polar surface area (TPSA) is 75.3 Å². The molecule has 0 saturated carbocycles. The molecule has 150 valence electrons. The van der Waals surface area contributed by atoms with Crippen LogP contribution in [0, 0.1) is 5.92 Å². The Morgan fingerprint density at radius 3 is 2.04 bits per heavy atom. The third-order valence-corrected chi connectivity index (χ3v) is 7.23. The van der Waals surface area contributed by atoms with Gasteiger partial charge in [0, 0.05) is 18.6 Å². The molecule has 0 radical (unpaired) electrons. The minimum atomic E-state index is -6.67. The summed E-state index contributed by atoms with van der Waals surface area (Å²) in [5, 5.41) is 0. The molecule has 0 bridgehead atoms. The molecule has 0 spiro atoms. The van der Waals surface area contributed by atoms with Crippen molar-refractivity contribution in [3.8, 4) is 0 Å². The highest BCUT2D eigenvalue weighted by atomic mass is 32.3. The fraction of sp³-hybridized carbons (Fsp3) is 0.538. The van der Waals surface area contributed by atoms with Crippen molar-refractivity contribution in [1.29, 1.82) is 0 Å². The van der Waals surface area contributed by atoms with E-state index in [4.69, 9.17) is 0 Å². The van der Waals surface area contributed by atoms with Crippen molar-refractivity contribution in [1.82, 2.24) is 0 Å². The Kier molecular flexibility index (Phi) is 6.42. The molecule has 13 heteroatoms. The van der Waals surface area contributed by atoms with E-state index in [0.29, 0.717) is 0 Å². The molecule has 1 atom stereocenters. The molecular formula is C13H16F6NO4S2+. The van der Waals surface area contributed by atoms with Crippen LogP contribution in [0.5, 0.6) is 0 Å². The maximum Gasteiger partial charge on any atom is 0.502 e. The zero-order valence-electron chi connectivity index (χ0n) is 13.5. The lowest BCUT2D eigenvalue weighted by Gasteiger charge is -2.16. The summed E-state index contributed by atoms with van der Waals surface area (Å²) in [6.07, 6.45) is 1.23. The molecule has 0 saturated heterocycles. The normalized spacial score (nSPS) is 15.8. The van der Waals surface area contributed by atoms with Crippen LogP contribution in [-0.4, -0.2) is 32.4 Å². The van der Waals surface area contributed by atoms with Crippen LogP contribution >= 0.6 is 0 Å². The number of hydrogen-bond donors (Lipinski definition) is 1. The fourth-order valence-electron chi connectivity index (χ4n) is 1.99. The Hall–Kier alpha value is -1.34. The predicted octanol–water partition coefficient (Wildman–Crippen LogP) is 2.51. The molecule has 26 heavy (non-hydrogen) atoms. The summed E-state index contributed by atoms with van der Waals surface area (Å²) in [5.41, 5.74) is -12.0. The fourth-order valence-corrected chi connectivity index (χ4v) is 4.88. The highest BCUT2D eigenvalue weighted by molar-refractivity contribution is 8.22. The van der Waals surface area contributed by atoms with Crippen molar-refractivity contribution in [3.63, 3.8) is 0 Å². The van der Waals surface area contributed by atoms with E-state index in [1.807, 2.05) is 0 Å². The molecular weight excluding hydrogens is 412 g/mol. The molecule has 1 aromatic rings. The molecule has 0 aliphatic carbocycles. The van der Waals surface area contributed by atoms with E-state index in [-0.39, 0.29) is 18.0 Å².